The maximum atomic E-state index is 13.3. The van der Waals surface area contributed by atoms with Crippen LogP contribution in [0.3, 0.4) is 0 Å². The SMILES string of the molecule is CSCCC(NC(=O)C(N)CCCCN)C(=O)N1CCCC1C(=O)NC(C(=O)O)C(C)C. The third kappa shape index (κ3) is 8.59. The molecule has 10 nitrogen and oxygen atoms in total. The average molecular weight is 474 g/mol. The minimum absolute atomic E-state index is 0.295. The van der Waals surface area contributed by atoms with Crippen LogP contribution in [0.4, 0.5) is 0 Å². The number of carbonyl (C=O) groups is 4. The Kier molecular flexibility index (Phi) is 12.6. The molecule has 7 N–H and O–H groups in total. The van der Waals surface area contributed by atoms with E-state index < -0.39 is 42.0 Å². The lowest BCUT2D eigenvalue weighted by Gasteiger charge is -2.30. The van der Waals surface area contributed by atoms with E-state index in [0.717, 1.165) is 12.8 Å². The summed E-state index contributed by atoms with van der Waals surface area (Å²) in [6.45, 7) is 4.33. The molecule has 0 saturated carbocycles. The molecule has 32 heavy (non-hydrogen) atoms. The van der Waals surface area contributed by atoms with E-state index in [9.17, 15) is 24.3 Å². The van der Waals surface area contributed by atoms with E-state index >= 15 is 0 Å². The van der Waals surface area contributed by atoms with Crippen molar-refractivity contribution in [3.8, 4) is 0 Å². The molecule has 0 spiro atoms. The second kappa shape index (κ2) is 14.3. The summed E-state index contributed by atoms with van der Waals surface area (Å²) in [5.41, 5.74) is 11.5. The summed E-state index contributed by atoms with van der Waals surface area (Å²) < 4.78 is 0. The third-order valence-corrected chi connectivity index (χ3v) is 6.24. The fourth-order valence-electron chi connectivity index (χ4n) is 3.68. The summed E-state index contributed by atoms with van der Waals surface area (Å²) in [6, 6.07) is -3.30. The van der Waals surface area contributed by atoms with Gasteiger partial charge in [-0.05, 0) is 56.6 Å². The first-order valence-corrected chi connectivity index (χ1v) is 12.6. The van der Waals surface area contributed by atoms with Crippen molar-refractivity contribution in [1.29, 1.82) is 0 Å². The number of likely N-dealkylation sites (tertiary alicyclic amines) is 1. The van der Waals surface area contributed by atoms with Gasteiger partial charge >= 0.3 is 5.97 Å². The van der Waals surface area contributed by atoms with Crippen LogP contribution in [0.2, 0.25) is 0 Å². The van der Waals surface area contributed by atoms with Crippen LogP contribution in [0.5, 0.6) is 0 Å². The van der Waals surface area contributed by atoms with E-state index in [1.165, 1.54) is 4.90 Å². The molecule has 1 fully saturated rings. The van der Waals surface area contributed by atoms with Gasteiger partial charge in [0.2, 0.25) is 17.7 Å². The number of aliphatic carboxylic acids is 1. The molecule has 0 aromatic carbocycles. The Bertz CT molecular complexity index is 648. The van der Waals surface area contributed by atoms with E-state index in [-0.39, 0.29) is 11.8 Å². The number of nitrogens with one attached hydrogen (secondary N) is 2. The summed E-state index contributed by atoms with van der Waals surface area (Å²) in [5.74, 6) is -1.97. The second-order valence-electron chi connectivity index (χ2n) is 8.49. The molecule has 4 atom stereocenters. The first-order chi connectivity index (χ1) is 15.1. The van der Waals surface area contributed by atoms with Crippen LogP contribution in [-0.4, -0.2) is 83.0 Å². The molecule has 184 valence electrons. The van der Waals surface area contributed by atoms with Gasteiger partial charge in [-0.3, -0.25) is 14.4 Å². The number of carbonyl (C=O) groups excluding carboxylic acids is 3. The van der Waals surface area contributed by atoms with Gasteiger partial charge in [-0.2, -0.15) is 11.8 Å². The molecule has 0 bridgehead atoms. The fourth-order valence-corrected chi connectivity index (χ4v) is 4.15. The Hall–Kier alpha value is -1.85. The van der Waals surface area contributed by atoms with Gasteiger partial charge in [-0.1, -0.05) is 20.3 Å². The van der Waals surface area contributed by atoms with Crippen molar-refractivity contribution < 1.29 is 24.3 Å². The van der Waals surface area contributed by atoms with Crippen molar-refractivity contribution >= 4 is 35.5 Å². The highest BCUT2D eigenvalue weighted by Crippen LogP contribution is 2.20. The van der Waals surface area contributed by atoms with E-state index in [2.05, 4.69) is 10.6 Å². The van der Waals surface area contributed by atoms with Gasteiger partial charge in [0.15, 0.2) is 0 Å². The van der Waals surface area contributed by atoms with Crippen molar-refractivity contribution in [1.82, 2.24) is 15.5 Å². The molecule has 1 heterocycles. The van der Waals surface area contributed by atoms with Crippen molar-refractivity contribution in [2.75, 3.05) is 25.1 Å². The quantitative estimate of drug-likeness (QED) is 0.218. The molecule has 0 radical (unpaired) electrons. The van der Waals surface area contributed by atoms with Gasteiger partial charge in [0.05, 0.1) is 6.04 Å². The largest absolute Gasteiger partial charge is 0.480 e. The summed E-state index contributed by atoms with van der Waals surface area (Å²) in [4.78, 5) is 51.5. The minimum Gasteiger partial charge on any atom is -0.480 e. The minimum atomic E-state index is -1.11. The summed E-state index contributed by atoms with van der Waals surface area (Å²) in [6.07, 6.45) is 5.38. The molecular formula is C21H39N5O5S. The second-order valence-corrected chi connectivity index (χ2v) is 9.48. The van der Waals surface area contributed by atoms with Crippen molar-refractivity contribution in [3.05, 3.63) is 0 Å². The number of rotatable bonds is 14. The highest BCUT2D eigenvalue weighted by atomic mass is 32.2. The monoisotopic (exact) mass is 473 g/mol. The van der Waals surface area contributed by atoms with E-state index in [1.54, 1.807) is 25.6 Å². The Labute approximate surface area is 194 Å². The van der Waals surface area contributed by atoms with Gasteiger partial charge in [0.25, 0.3) is 0 Å². The fraction of sp³-hybridized carbons (Fsp3) is 0.810. The predicted molar refractivity (Wildman–Crippen MR) is 125 cm³/mol. The topological polar surface area (TPSA) is 168 Å². The van der Waals surface area contributed by atoms with E-state index in [4.69, 9.17) is 11.5 Å². The molecule has 4 unspecified atom stereocenters. The summed E-state index contributed by atoms with van der Waals surface area (Å²) in [7, 11) is 0. The number of nitrogens with two attached hydrogens (primary N) is 2. The maximum Gasteiger partial charge on any atom is 0.326 e. The molecule has 1 aliphatic rings. The lowest BCUT2D eigenvalue weighted by molar-refractivity contribution is -0.145. The number of amides is 3. The van der Waals surface area contributed by atoms with Crippen LogP contribution >= 0.6 is 11.8 Å². The molecular weight excluding hydrogens is 434 g/mol. The molecule has 11 heteroatoms. The molecule has 1 aliphatic heterocycles. The Balaban J connectivity index is 2.87. The van der Waals surface area contributed by atoms with Crippen LogP contribution in [-0.2, 0) is 19.2 Å². The number of hydrogen-bond donors (Lipinski definition) is 5. The highest BCUT2D eigenvalue weighted by molar-refractivity contribution is 7.98. The number of unbranched alkanes of at least 4 members (excludes halogenated alkanes) is 1. The van der Waals surface area contributed by atoms with E-state index in [0.29, 0.717) is 44.5 Å². The lowest BCUT2D eigenvalue weighted by atomic mass is 10.0. The molecule has 0 aromatic heterocycles. The maximum absolute atomic E-state index is 13.3. The van der Waals surface area contributed by atoms with Crippen molar-refractivity contribution in [2.24, 2.45) is 17.4 Å². The molecule has 3 amide bonds. The Morgan fingerprint density at radius 3 is 2.41 bits per heavy atom. The standard InChI is InChI=1S/C21H39N5O5S/c1-13(2)17(21(30)31)25-19(28)16-8-6-11-26(16)20(29)15(9-12-32-3)24-18(27)14(23)7-4-5-10-22/h13-17H,4-12,22-23H2,1-3H3,(H,24,27)(H,25,28)(H,30,31). The van der Waals surface area contributed by atoms with Gasteiger partial charge < -0.3 is 32.1 Å². The van der Waals surface area contributed by atoms with Crippen molar-refractivity contribution in [3.63, 3.8) is 0 Å². The average Bonchev–Trinajstić information content (AvgIpc) is 3.23. The zero-order valence-electron chi connectivity index (χ0n) is 19.3. The smallest absolute Gasteiger partial charge is 0.326 e. The van der Waals surface area contributed by atoms with Crippen LogP contribution in [0.1, 0.15) is 52.4 Å². The summed E-state index contributed by atoms with van der Waals surface area (Å²) in [5, 5.41) is 14.7. The van der Waals surface area contributed by atoms with Gasteiger partial charge in [-0.15, -0.1) is 0 Å². The number of carboxylic acid groups (broad SMARTS) is 1. The van der Waals surface area contributed by atoms with Gasteiger partial charge in [0, 0.05) is 6.54 Å². The van der Waals surface area contributed by atoms with Gasteiger partial charge in [0.1, 0.15) is 18.1 Å². The number of nitrogens with zero attached hydrogens (tertiary/aromatic N) is 1. The highest BCUT2D eigenvalue weighted by Gasteiger charge is 2.39. The summed E-state index contributed by atoms with van der Waals surface area (Å²) >= 11 is 1.55. The zero-order valence-corrected chi connectivity index (χ0v) is 20.2. The Morgan fingerprint density at radius 2 is 1.84 bits per heavy atom. The van der Waals surface area contributed by atoms with Crippen LogP contribution in [0.25, 0.3) is 0 Å². The zero-order chi connectivity index (χ0) is 24.3. The lowest BCUT2D eigenvalue weighted by Crippen LogP contribution is -2.57. The molecule has 0 aromatic rings. The first kappa shape index (κ1) is 28.2. The third-order valence-electron chi connectivity index (χ3n) is 5.60. The first-order valence-electron chi connectivity index (χ1n) is 11.2. The van der Waals surface area contributed by atoms with Crippen molar-refractivity contribution in [2.45, 2.75) is 76.5 Å². The predicted octanol–water partition coefficient (Wildman–Crippen LogP) is -0.103. The van der Waals surface area contributed by atoms with Crippen LogP contribution in [0.15, 0.2) is 0 Å². The van der Waals surface area contributed by atoms with Crippen LogP contribution in [0, 0.1) is 5.92 Å². The number of hydrogen-bond acceptors (Lipinski definition) is 7. The molecule has 0 aliphatic carbocycles. The van der Waals surface area contributed by atoms with Crippen LogP contribution < -0.4 is 22.1 Å². The normalized spacial score (nSPS) is 18.8. The van der Waals surface area contributed by atoms with E-state index in [1.807, 2.05) is 6.26 Å². The Morgan fingerprint density at radius 1 is 1.16 bits per heavy atom. The molecule has 1 saturated heterocycles. The van der Waals surface area contributed by atoms with Gasteiger partial charge in [-0.25, -0.2) is 4.79 Å². The molecule has 1 rings (SSSR count). The number of thioether (sulfide) groups is 1. The number of carboxylic acids is 1.